The van der Waals surface area contributed by atoms with Crippen LogP contribution in [0.15, 0.2) is 24.4 Å². The quantitative estimate of drug-likeness (QED) is 0.567. The minimum Gasteiger partial charge on any atom is -0.368 e. The summed E-state index contributed by atoms with van der Waals surface area (Å²) >= 11 is 12.5. The lowest BCUT2D eigenvalue weighted by molar-refractivity contribution is -0.141. The molecule has 1 aromatic carbocycles. The van der Waals surface area contributed by atoms with Gasteiger partial charge in [-0.05, 0) is 37.5 Å². The van der Waals surface area contributed by atoms with Crippen molar-refractivity contribution in [3.05, 3.63) is 40.0 Å². The number of piperazine rings is 1. The van der Waals surface area contributed by atoms with Gasteiger partial charge in [-0.3, -0.25) is 9.48 Å². The van der Waals surface area contributed by atoms with Crippen molar-refractivity contribution in [2.24, 2.45) is 7.05 Å². The summed E-state index contributed by atoms with van der Waals surface area (Å²) in [6, 6.07) is 5.33. The highest BCUT2D eigenvalue weighted by atomic mass is 35.5. The number of nitrogens with one attached hydrogen (secondary N) is 1. The summed E-state index contributed by atoms with van der Waals surface area (Å²) in [6.45, 7) is 5.23. The summed E-state index contributed by atoms with van der Waals surface area (Å²) in [6.07, 6.45) is 3.35. The molecule has 3 aromatic rings. The van der Waals surface area contributed by atoms with E-state index in [1.54, 1.807) is 10.7 Å². The van der Waals surface area contributed by atoms with Gasteiger partial charge in [0.2, 0.25) is 5.95 Å². The molecular weight excluding hydrogens is 477 g/mol. The molecule has 0 aliphatic carbocycles. The van der Waals surface area contributed by atoms with Crippen molar-refractivity contribution in [3.63, 3.8) is 0 Å². The van der Waals surface area contributed by atoms with E-state index in [0.717, 1.165) is 23.9 Å². The number of aryl methyl sites for hydroxylation is 1. The van der Waals surface area contributed by atoms with Crippen LogP contribution in [0.2, 0.25) is 10.0 Å². The summed E-state index contributed by atoms with van der Waals surface area (Å²) in [5.74, 6) is 1.34. The second-order valence-electron chi connectivity index (χ2n) is 8.75. The molecule has 0 spiro atoms. The normalized spacial score (nSPS) is 19.6. The van der Waals surface area contributed by atoms with Crippen LogP contribution >= 0.6 is 23.2 Å². The molecule has 1 N–H and O–H groups in total. The zero-order chi connectivity index (χ0) is 23.8. The van der Waals surface area contributed by atoms with Crippen molar-refractivity contribution in [3.8, 4) is 0 Å². The smallest absolute Gasteiger partial charge is 0.251 e. The minimum atomic E-state index is -0.286. The number of fused-ring (bicyclic) bond motifs is 1. The van der Waals surface area contributed by atoms with Gasteiger partial charge >= 0.3 is 0 Å². The van der Waals surface area contributed by atoms with Gasteiger partial charge in [0.15, 0.2) is 11.3 Å². The number of carbonyl (C=O) groups is 1. The Balaban J connectivity index is 1.36. The number of hydrogen-bond donors (Lipinski definition) is 1. The average molecular weight is 504 g/mol. The summed E-state index contributed by atoms with van der Waals surface area (Å²) in [4.78, 5) is 26.3. The molecule has 2 aromatic heterocycles. The third-order valence-corrected chi connectivity index (χ3v) is 6.89. The van der Waals surface area contributed by atoms with Crippen LogP contribution < -0.4 is 10.2 Å². The van der Waals surface area contributed by atoms with Crippen molar-refractivity contribution in [1.82, 2.24) is 24.6 Å². The summed E-state index contributed by atoms with van der Waals surface area (Å²) < 4.78 is 7.30. The molecule has 2 atom stereocenters. The maximum absolute atomic E-state index is 12.7. The van der Waals surface area contributed by atoms with Crippen molar-refractivity contribution in [2.45, 2.75) is 31.9 Å². The highest BCUT2D eigenvalue weighted by Crippen LogP contribution is 2.31. The highest BCUT2D eigenvalue weighted by molar-refractivity contribution is 6.35. The van der Waals surface area contributed by atoms with E-state index in [2.05, 4.69) is 15.3 Å². The van der Waals surface area contributed by atoms with Gasteiger partial charge in [0, 0.05) is 49.9 Å². The van der Waals surface area contributed by atoms with Gasteiger partial charge in [0.1, 0.15) is 11.6 Å². The molecule has 9 nitrogen and oxygen atoms in total. The molecule has 0 bridgehead atoms. The van der Waals surface area contributed by atoms with Crippen LogP contribution in [0.3, 0.4) is 0 Å². The second kappa shape index (κ2) is 9.56. The maximum atomic E-state index is 12.7. The van der Waals surface area contributed by atoms with E-state index in [1.807, 2.05) is 37.2 Å². The first kappa shape index (κ1) is 23.1. The summed E-state index contributed by atoms with van der Waals surface area (Å²) in [7, 11) is 1.86. The van der Waals surface area contributed by atoms with Crippen LogP contribution in [0.4, 0.5) is 11.8 Å². The van der Waals surface area contributed by atoms with Crippen LogP contribution in [0.1, 0.15) is 31.4 Å². The molecule has 0 unspecified atom stereocenters. The van der Waals surface area contributed by atoms with Crippen LogP contribution in [0.25, 0.3) is 11.0 Å². The van der Waals surface area contributed by atoms with E-state index in [4.69, 9.17) is 37.9 Å². The zero-order valence-corrected chi connectivity index (χ0v) is 20.7. The number of carbonyl (C=O) groups excluding carboxylic acids is 1. The fourth-order valence-electron chi connectivity index (χ4n) is 4.49. The minimum absolute atomic E-state index is 0.0943. The van der Waals surface area contributed by atoms with Crippen molar-refractivity contribution in [1.29, 1.82) is 0 Å². The molecule has 2 aliphatic rings. The maximum Gasteiger partial charge on any atom is 0.251 e. The van der Waals surface area contributed by atoms with Gasteiger partial charge in [-0.15, -0.1) is 0 Å². The van der Waals surface area contributed by atoms with E-state index >= 15 is 0 Å². The largest absolute Gasteiger partial charge is 0.368 e. The van der Waals surface area contributed by atoms with Crippen molar-refractivity contribution < 1.29 is 9.53 Å². The number of benzene rings is 1. The zero-order valence-electron chi connectivity index (χ0n) is 19.2. The molecule has 2 fully saturated rings. The molecule has 34 heavy (non-hydrogen) atoms. The Labute approximate surface area is 208 Å². The van der Waals surface area contributed by atoms with Crippen LogP contribution in [0.5, 0.6) is 0 Å². The number of anilines is 2. The summed E-state index contributed by atoms with van der Waals surface area (Å²) in [5, 5.41) is 9.19. The standard InChI is InChI=1S/C23H27Cl2N7O2/c1-14(16-6-5-15(24)12-17(16)25)26-21-20-18(13-30(2)29-20)27-23(28-21)32-9-7-31(8-10-32)22(33)19-4-3-11-34-19/h5-6,12-14,19H,3-4,7-11H2,1-2H3,(H,26,27,28)/t14-,19-/m1/s1. The number of hydrogen-bond acceptors (Lipinski definition) is 7. The van der Waals surface area contributed by atoms with Gasteiger partial charge in [0.05, 0.1) is 12.2 Å². The molecule has 5 rings (SSSR count). The van der Waals surface area contributed by atoms with Crippen molar-refractivity contribution in [2.75, 3.05) is 43.0 Å². The lowest BCUT2D eigenvalue weighted by Gasteiger charge is -2.35. The van der Waals surface area contributed by atoms with Gasteiger partial charge in [0.25, 0.3) is 5.91 Å². The number of amides is 1. The van der Waals surface area contributed by atoms with Crippen LogP contribution in [-0.2, 0) is 16.6 Å². The number of ether oxygens (including phenoxy) is 1. The second-order valence-corrected chi connectivity index (χ2v) is 9.60. The molecule has 2 aliphatic heterocycles. The first-order chi connectivity index (χ1) is 16.4. The number of rotatable bonds is 5. The van der Waals surface area contributed by atoms with Crippen LogP contribution in [0, 0.1) is 0 Å². The van der Waals surface area contributed by atoms with E-state index in [9.17, 15) is 4.79 Å². The third kappa shape index (κ3) is 4.64. The SMILES string of the molecule is C[C@@H](Nc1nc(N2CCN(C(=O)[C@H]3CCCO3)CC2)nc2cn(C)nc12)c1ccc(Cl)cc1Cl. The van der Waals surface area contributed by atoms with E-state index in [1.165, 1.54) is 0 Å². The lowest BCUT2D eigenvalue weighted by atomic mass is 10.1. The lowest BCUT2D eigenvalue weighted by Crippen LogP contribution is -2.51. The monoisotopic (exact) mass is 503 g/mol. The molecule has 4 heterocycles. The van der Waals surface area contributed by atoms with E-state index < -0.39 is 0 Å². The predicted octanol–water partition coefficient (Wildman–Crippen LogP) is 3.67. The van der Waals surface area contributed by atoms with E-state index in [0.29, 0.717) is 60.1 Å². The molecule has 2 saturated heterocycles. The first-order valence-corrected chi connectivity index (χ1v) is 12.2. The summed E-state index contributed by atoms with van der Waals surface area (Å²) in [5.41, 5.74) is 2.36. The Morgan fingerprint density at radius 2 is 2.00 bits per heavy atom. The number of halogens is 2. The molecule has 11 heteroatoms. The molecule has 0 saturated carbocycles. The van der Waals surface area contributed by atoms with Gasteiger partial charge in [-0.25, -0.2) is 4.98 Å². The number of nitrogens with zero attached hydrogens (tertiary/aromatic N) is 6. The molecule has 1 amide bonds. The Hall–Kier alpha value is -2.62. The predicted molar refractivity (Wildman–Crippen MR) is 133 cm³/mol. The fourth-order valence-corrected chi connectivity index (χ4v) is 5.06. The van der Waals surface area contributed by atoms with Crippen molar-refractivity contribution >= 4 is 51.9 Å². The first-order valence-electron chi connectivity index (χ1n) is 11.5. The van der Waals surface area contributed by atoms with E-state index in [-0.39, 0.29) is 18.1 Å². The highest BCUT2D eigenvalue weighted by Gasteiger charge is 2.31. The fraction of sp³-hybridized carbons (Fsp3) is 0.478. The van der Waals surface area contributed by atoms with Gasteiger partial charge in [-0.1, -0.05) is 29.3 Å². The third-order valence-electron chi connectivity index (χ3n) is 6.33. The topological polar surface area (TPSA) is 88.4 Å². The average Bonchev–Trinajstić information content (AvgIpc) is 3.48. The Morgan fingerprint density at radius 1 is 1.21 bits per heavy atom. The Bertz CT molecular complexity index is 1200. The Kier molecular flexibility index (Phi) is 6.50. The Morgan fingerprint density at radius 3 is 2.71 bits per heavy atom. The van der Waals surface area contributed by atoms with Gasteiger partial charge < -0.3 is 19.9 Å². The molecular formula is C23H27Cl2N7O2. The van der Waals surface area contributed by atoms with Crippen LogP contribution in [-0.4, -0.2) is 69.4 Å². The molecule has 0 radical (unpaired) electrons. The number of aromatic nitrogens is 4. The molecule has 180 valence electrons. The van der Waals surface area contributed by atoms with Gasteiger partial charge in [-0.2, -0.15) is 10.1 Å².